The maximum absolute atomic E-state index is 13.6. The van der Waals surface area contributed by atoms with E-state index in [-0.39, 0.29) is 5.82 Å². The zero-order valence-corrected chi connectivity index (χ0v) is 11.1. The Bertz CT molecular complexity index is 534. The number of pyridine rings is 1. The van der Waals surface area contributed by atoms with Crippen LogP contribution in [-0.2, 0) is 11.2 Å². The summed E-state index contributed by atoms with van der Waals surface area (Å²) in [4.78, 5) is 10.9. The molecule has 2 rings (SSSR count). The predicted molar refractivity (Wildman–Crippen MR) is 69.0 cm³/mol. The predicted octanol–water partition coefficient (Wildman–Crippen LogP) is 2.05. The molecule has 4 nitrogen and oxygen atoms in total. The van der Waals surface area contributed by atoms with Crippen LogP contribution in [0.15, 0.2) is 18.3 Å². The lowest BCUT2D eigenvalue weighted by Crippen LogP contribution is -2.06. The van der Waals surface area contributed by atoms with Crippen LogP contribution in [0.5, 0.6) is 0 Å². The second-order valence-electron chi connectivity index (χ2n) is 4.19. The van der Waals surface area contributed by atoms with Crippen LogP contribution in [0.3, 0.4) is 0 Å². The van der Waals surface area contributed by atoms with Gasteiger partial charge in [0.25, 0.3) is 0 Å². The lowest BCUT2D eigenvalue weighted by molar-refractivity contribution is -0.115. The molecule has 0 fully saturated rings. The Labute approximate surface area is 106 Å². The van der Waals surface area contributed by atoms with Gasteiger partial charge < -0.3 is 4.90 Å². The first-order valence-corrected chi connectivity index (χ1v) is 5.74. The van der Waals surface area contributed by atoms with E-state index in [9.17, 15) is 9.18 Å². The number of aromatic nitrogens is 2. The lowest BCUT2D eigenvalue weighted by Gasteiger charge is -2.00. The first-order chi connectivity index (χ1) is 8.49. The minimum absolute atomic E-state index is 0.148. The van der Waals surface area contributed by atoms with Crippen molar-refractivity contribution in [2.75, 3.05) is 14.1 Å². The quantitative estimate of drug-likeness (QED) is 0.766. The maximum atomic E-state index is 13.6. The van der Waals surface area contributed by atoms with E-state index in [1.54, 1.807) is 36.9 Å². The Morgan fingerprint density at radius 3 is 2.61 bits per heavy atom. The number of fused-ring (bicyclic) bond motifs is 1. The Morgan fingerprint density at radius 2 is 2.11 bits per heavy atom. The van der Waals surface area contributed by atoms with Crippen LogP contribution in [0, 0.1) is 12.7 Å². The van der Waals surface area contributed by atoms with Crippen LogP contribution in [0.2, 0.25) is 0 Å². The van der Waals surface area contributed by atoms with Gasteiger partial charge in [-0.15, -0.1) is 0 Å². The van der Waals surface area contributed by atoms with Crippen molar-refractivity contribution in [3.63, 3.8) is 0 Å². The Balaban J connectivity index is 0.000000280. The van der Waals surface area contributed by atoms with Crippen molar-refractivity contribution in [1.82, 2.24) is 14.5 Å². The number of hydrogen-bond donors (Lipinski definition) is 0. The zero-order valence-electron chi connectivity index (χ0n) is 11.1. The van der Waals surface area contributed by atoms with Gasteiger partial charge in [0, 0.05) is 20.3 Å². The van der Waals surface area contributed by atoms with Crippen LogP contribution in [0.25, 0.3) is 5.52 Å². The maximum Gasteiger partial charge on any atom is 0.209 e. The molecule has 0 aliphatic rings. The molecule has 0 saturated heterocycles. The Kier molecular flexibility index (Phi) is 4.83. The Morgan fingerprint density at radius 1 is 1.50 bits per heavy atom. The van der Waals surface area contributed by atoms with Crippen molar-refractivity contribution in [3.8, 4) is 0 Å². The first-order valence-electron chi connectivity index (χ1n) is 5.74. The molecule has 2 heterocycles. The van der Waals surface area contributed by atoms with E-state index in [1.165, 1.54) is 4.90 Å². The van der Waals surface area contributed by atoms with Crippen molar-refractivity contribution in [3.05, 3.63) is 35.4 Å². The lowest BCUT2D eigenvalue weighted by atomic mass is 10.2. The fourth-order valence-electron chi connectivity index (χ4n) is 1.47. The van der Waals surface area contributed by atoms with Crippen molar-refractivity contribution < 1.29 is 9.18 Å². The van der Waals surface area contributed by atoms with Crippen LogP contribution in [0.4, 0.5) is 4.39 Å². The van der Waals surface area contributed by atoms with Crippen molar-refractivity contribution >= 4 is 11.9 Å². The van der Waals surface area contributed by atoms with Gasteiger partial charge in [0.15, 0.2) is 5.82 Å². The fraction of sp³-hybridized carbons (Fsp3) is 0.385. The molecular formula is C13H18FN3O. The highest BCUT2D eigenvalue weighted by molar-refractivity contribution is 5.51. The molecule has 5 heteroatoms. The zero-order chi connectivity index (χ0) is 13.7. The van der Waals surface area contributed by atoms with E-state index >= 15 is 0 Å². The van der Waals surface area contributed by atoms with Crippen LogP contribution in [0.1, 0.15) is 18.2 Å². The molecular weight excluding hydrogens is 233 g/mol. The standard InChI is InChI=1S/C10H11FN2.C3H7NO/c1-3-8-4-5-13-9(10(8)11)6-7(2)12-13;1-4(2)3-5/h4-6H,3H2,1-2H3;3H,1-2H3. The van der Waals surface area contributed by atoms with Gasteiger partial charge in [-0.05, 0) is 31.0 Å². The van der Waals surface area contributed by atoms with Crippen LogP contribution >= 0.6 is 0 Å². The summed E-state index contributed by atoms with van der Waals surface area (Å²) in [5.74, 6) is -0.148. The molecule has 0 radical (unpaired) electrons. The molecule has 0 aliphatic heterocycles. The van der Waals surface area contributed by atoms with Crippen molar-refractivity contribution in [2.24, 2.45) is 0 Å². The number of carbonyl (C=O) groups excluding carboxylic acids is 1. The highest BCUT2D eigenvalue weighted by Gasteiger charge is 2.07. The van der Waals surface area contributed by atoms with Crippen LogP contribution < -0.4 is 0 Å². The summed E-state index contributed by atoms with van der Waals surface area (Å²) in [5.41, 5.74) is 2.15. The van der Waals surface area contributed by atoms with E-state index in [0.717, 1.165) is 17.7 Å². The molecule has 98 valence electrons. The third kappa shape index (κ3) is 3.29. The fourth-order valence-corrected chi connectivity index (χ4v) is 1.47. The molecule has 0 unspecified atom stereocenters. The number of nitrogens with zero attached hydrogens (tertiary/aromatic N) is 3. The van der Waals surface area contributed by atoms with E-state index in [1.807, 2.05) is 13.8 Å². The number of hydrogen-bond acceptors (Lipinski definition) is 2. The first kappa shape index (κ1) is 14.2. The molecule has 0 bridgehead atoms. The number of halogens is 1. The molecule has 1 amide bonds. The van der Waals surface area contributed by atoms with Crippen molar-refractivity contribution in [2.45, 2.75) is 20.3 Å². The normalized spacial score (nSPS) is 9.83. The summed E-state index contributed by atoms with van der Waals surface area (Å²) >= 11 is 0. The summed E-state index contributed by atoms with van der Waals surface area (Å²) < 4.78 is 15.2. The Hall–Kier alpha value is -1.91. The van der Waals surface area contributed by atoms with Gasteiger partial charge in [-0.1, -0.05) is 6.92 Å². The SMILES string of the molecule is CCc1ccn2nc(C)cc2c1F.CN(C)C=O. The topological polar surface area (TPSA) is 37.6 Å². The summed E-state index contributed by atoms with van der Waals surface area (Å²) in [6.45, 7) is 3.80. The van der Waals surface area contributed by atoms with E-state index in [4.69, 9.17) is 0 Å². The molecule has 0 atom stereocenters. The molecule has 0 aliphatic carbocycles. The smallest absolute Gasteiger partial charge is 0.209 e. The number of rotatable bonds is 2. The van der Waals surface area contributed by atoms with Gasteiger partial charge in [-0.2, -0.15) is 5.10 Å². The molecule has 0 aromatic carbocycles. The summed E-state index contributed by atoms with van der Waals surface area (Å²) in [7, 11) is 3.38. The molecule has 2 aromatic rings. The van der Waals surface area contributed by atoms with Gasteiger partial charge in [-0.25, -0.2) is 8.91 Å². The molecule has 0 N–H and O–H groups in total. The second-order valence-corrected chi connectivity index (χ2v) is 4.19. The largest absolute Gasteiger partial charge is 0.351 e. The molecule has 0 saturated carbocycles. The monoisotopic (exact) mass is 251 g/mol. The van der Waals surface area contributed by atoms with Gasteiger partial charge in [0.05, 0.1) is 5.69 Å². The third-order valence-corrected chi connectivity index (χ3v) is 2.37. The average molecular weight is 251 g/mol. The van der Waals surface area contributed by atoms with Crippen LogP contribution in [-0.4, -0.2) is 35.0 Å². The van der Waals surface area contributed by atoms with E-state index in [2.05, 4.69) is 5.10 Å². The highest BCUT2D eigenvalue weighted by atomic mass is 19.1. The van der Waals surface area contributed by atoms with Gasteiger partial charge >= 0.3 is 0 Å². The number of aryl methyl sites for hydroxylation is 2. The van der Waals surface area contributed by atoms with Gasteiger partial charge in [0.1, 0.15) is 5.52 Å². The average Bonchev–Trinajstić information content (AvgIpc) is 2.72. The number of amides is 1. The molecule has 0 spiro atoms. The summed E-state index contributed by atoms with van der Waals surface area (Å²) in [5, 5.41) is 4.13. The third-order valence-electron chi connectivity index (χ3n) is 2.37. The summed E-state index contributed by atoms with van der Waals surface area (Å²) in [6.07, 6.45) is 3.26. The van der Waals surface area contributed by atoms with Gasteiger partial charge in [-0.3, -0.25) is 4.79 Å². The van der Waals surface area contributed by atoms with E-state index < -0.39 is 0 Å². The van der Waals surface area contributed by atoms with Crippen molar-refractivity contribution in [1.29, 1.82) is 0 Å². The van der Waals surface area contributed by atoms with E-state index in [0.29, 0.717) is 11.9 Å². The molecule has 2 aromatic heterocycles. The number of carbonyl (C=O) groups is 1. The minimum atomic E-state index is -0.148. The van der Waals surface area contributed by atoms with Gasteiger partial charge in [0.2, 0.25) is 6.41 Å². The highest BCUT2D eigenvalue weighted by Crippen LogP contribution is 2.15. The summed E-state index contributed by atoms with van der Waals surface area (Å²) in [6, 6.07) is 3.53. The second kappa shape index (κ2) is 6.14. The minimum Gasteiger partial charge on any atom is -0.351 e. The molecule has 18 heavy (non-hydrogen) atoms.